The second-order valence-electron chi connectivity index (χ2n) is 5.67. The van der Waals surface area contributed by atoms with Crippen molar-refractivity contribution in [2.45, 2.75) is 43.4 Å². The molecule has 0 spiro atoms. The highest BCUT2D eigenvalue weighted by atomic mass is 127. The van der Waals surface area contributed by atoms with Crippen LogP contribution in [-0.4, -0.2) is 14.3 Å². The van der Waals surface area contributed by atoms with Crippen molar-refractivity contribution in [2.24, 2.45) is 16.2 Å². The van der Waals surface area contributed by atoms with E-state index in [0.29, 0.717) is 23.9 Å². The van der Waals surface area contributed by atoms with E-state index in [2.05, 4.69) is 27.0 Å². The van der Waals surface area contributed by atoms with E-state index in [1.165, 1.54) is 24.3 Å². The second kappa shape index (κ2) is 5.85. The summed E-state index contributed by atoms with van der Waals surface area (Å²) in [5.41, 5.74) is 0.524. The van der Waals surface area contributed by atoms with E-state index < -0.39 is 10.0 Å². The van der Waals surface area contributed by atoms with Crippen LogP contribution in [0.1, 0.15) is 38.5 Å². The summed E-state index contributed by atoms with van der Waals surface area (Å²) in [4.78, 5) is 0.198. The number of benzene rings is 1. The molecule has 1 heterocycles. The van der Waals surface area contributed by atoms with Crippen molar-refractivity contribution in [1.29, 1.82) is 0 Å². The summed E-state index contributed by atoms with van der Waals surface area (Å²) in [7, 11) is -3.64. The average Bonchev–Trinajstić information content (AvgIpc) is 2.45. The molecule has 0 amide bonds. The zero-order valence-electron chi connectivity index (χ0n) is 11.6. The fourth-order valence-corrected chi connectivity index (χ4v) is 5.00. The van der Waals surface area contributed by atoms with Gasteiger partial charge in [-0.3, -0.25) is 5.01 Å². The molecule has 1 aromatic carbocycles. The zero-order chi connectivity index (χ0) is 15.0. The second-order valence-corrected chi connectivity index (χ2v) is 8.49. The fourth-order valence-electron chi connectivity index (χ4n) is 3.05. The molecule has 1 fully saturated rings. The van der Waals surface area contributed by atoms with E-state index in [9.17, 15) is 8.42 Å². The molecule has 3 rings (SSSR count). The Labute approximate surface area is 138 Å². The number of nitrogens with two attached hydrogens (primary N) is 1. The van der Waals surface area contributed by atoms with Crippen molar-refractivity contribution < 1.29 is 8.42 Å². The third-order valence-electron chi connectivity index (χ3n) is 4.16. The van der Waals surface area contributed by atoms with Gasteiger partial charge in [0.05, 0.1) is 5.69 Å². The molecule has 2 N–H and O–H groups in total. The number of hydrazine groups is 1. The van der Waals surface area contributed by atoms with Crippen LogP contribution in [-0.2, 0) is 10.0 Å². The number of halogens is 1. The van der Waals surface area contributed by atoms with E-state index in [1.54, 1.807) is 12.1 Å². The highest BCUT2D eigenvalue weighted by Gasteiger charge is 2.31. The lowest BCUT2D eigenvalue weighted by Crippen LogP contribution is -2.42. The predicted molar refractivity (Wildman–Crippen MR) is 91.6 cm³/mol. The van der Waals surface area contributed by atoms with Crippen LogP contribution in [0.25, 0.3) is 0 Å². The number of hydrogen-bond acceptors (Lipinski definition) is 4. The van der Waals surface area contributed by atoms with E-state index in [-0.39, 0.29) is 4.90 Å². The molecule has 0 unspecified atom stereocenters. The number of anilines is 1. The molecule has 1 aromatic rings. The van der Waals surface area contributed by atoms with Crippen molar-refractivity contribution in [3.63, 3.8) is 0 Å². The van der Waals surface area contributed by atoms with Gasteiger partial charge in [-0.25, -0.2) is 5.84 Å². The lowest BCUT2D eigenvalue weighted by molar-refractivity contribution is 0.367. The first-order chi connectivity index (χ1) is 9.97. The van der Waals surface area contributed by atoms with Gasteiger partial charge in [-0.05, 0) is 46.7 Å². The van der Waals surface area contributed by atoms with Gasteiger partial charge in [0.15, 0.2) is 0 Å². The van der Waals surface area contributed by atoms with Crippen LogP contribution in [0.2, 0.25) is 0 Å². The standard InChI is InChI=1S/C14H18IN3O2S/c15-11-6-7-12-13(9-11)21(19,20)17-14(18(12)16)8-10-4-2-1-3-5-10/h6-7,9-10H,1-5,8,16H2. The predicted octanol–water partition coefficient (Wildman–Crippen LogP) is 3.04. The van der Waals surface area contributed by atoms with Crippen molar-refractivity contribution in [3.05, 3.63) is 21.8 Å². The van der Waals surface area contributed by atoms with Crippen LogP contribution in [0.5, 0.6) is 0 Å². The normalized spacial score (nSPS) is 21.8. The van der Waals surface area contributed by atoms with E-state index in [0.717, 1.165) is 16.4 Å². The Bertz CT molecular complexity index is 681. The molecule has 114 valence electrons. The van der Waals surface area contributed by atoms with Crippen molar-refractivity contribution in [1.82, 2.24) is 0 Å². The van der Waals surface area contributed by atoms with Crippen LogP contribution >= 0.6 is 22.6 Å². The first kappa shape index (κ1) is 15.2. The number of hydrogen-bond donors (Lipinski definition) is 1. The van der Waals surface area contributed by atoms with Crippen molar-refractivity contribution in [3.8, 4) is 0 Å². The Morgan fingerprint density at radius 1 is 1.29 bits per heavy atom. The molecule has 1 aliphatic carbocycles. The molecule has 0 atom stereocenters. The number of amidine groups is 1. The van der Waals surface area contributed by atoms with Gasteiger partial charge in [-0.15, -0.1) is 4.40 Å². The largest absolute Gasteiger partial charge is 0.286 e. The minimum Gasteiger partial charge on any atom is -0.264 e. The monoisotopic (exact) mass is 419 g/mol. The molecule has 1 saturated carbocycles. The Hall–Kier alpha value is -0.670. The zero-order valence-corrected chi connectivity index (χ0v) is 14.6. The summed E-state index contributed by atoms with van der Waals surface area (Å²) in [5.74, 6) is 7.07. The highest BCUT2D eigenvalue weighted by Crippen LogP contribution is 2.34. The summed E-state index contributed by atoms with van der Waals surface area (Å²) in [6, 6.07) is 5.23. The molecule has 0 radical (unpaired) electrons. The van der Waals surface area contributed by atoms with Gasteiger partial charge >= 0.3 is 0 Å². The Balaban J connectivity index is 1.93. The van der Waals surface area contributed by atoms with E-state index >= 15 is 0 Å². The average molecular weight is 419 g/mol. The molecular formula is C14H18IN3O2S. The lowest BCUT2D eigenvalue weighted by atomic mass is 9.86. The SMILES string of the molecule is NN1C(CC2CCCCC2)=NS(=O)(=O)c2cc(I)ccc21. The van der Waals surface area contributed by atoms with Gasteiger partial charge in [-0.2, -0.15) is 8.42 Å². The number of rotatable bonds is 2. The molecule has 1 aliphatic heterocycles. The smallest absolute Gasteiger partial charge is 0.264 e. The van der Waals surface area contributed by atoms with Crippen molar-refractivity contribution >= 4 is 44.1 Å². The summed E-state index contributed by atoms with van der Waals surface area (Å²) in [5, 5.41) is 1.45. The van der Waals surface area contributed by atoms with Crippen LogP contribution in [0.3, 0.4) is 0 Å². The summed E-state index contributed by atoms with van der Waals surface area (Å²) in [6.45, 7) is 0. The Morgan fingerprint density at radius 3 is 2.71 bits per heavy atom. The van der Waals surface area contributed by atoms with Gasteiger partial charge in [0.2, 0.25) is 0 Å². The Morgan fingerprint density at radius 2 is 2.00 bits per heavy atom. The maximum atomic E-state index is 12.3. The van der Waals surface area contributed by atoms with E-state index in [1.807, 2.05) is 6.07 Å². The maximum absolute atomic E-state index is 12.3. The number of fused-ring (bicyclic) bond motifs is 1. The molecule has 21 heavy (non-hydrogen) atoms. The molecule has 2 aliphatic rings. The summed E-state index contributed by atoms with van der Waals surface area (Å²) >= 11 is 2.09. The first-order valence-corrected chi connectivity index (χ1v) is 9.67. The quantitative estimate of drug-likeness (QED) is 0.591. The van der Waals surface area contributed by atoms with Gasteiger partial charge in [0.1, 0.15) is 10.7 Å². The van der Waals surface area contributed by atoms with Gasteiger partial charge in [0.25, 0.3) is 10.0 Å². The van der Waals surface area contributed by atoms with Crippen LogP contribution in [0, 0.1) is 9.49 Å². The molecular weight excluding hydrogens is 401 g/mol. The highest BCUT2D eigenvalue weighted by molar-refractivity contribution is 14.1. The third-order valence-corrected chi connectivity index (χ3v) is 6.16. The number of sulfonamides is 1. The number of nitrogens with zero attached hydrogens (tertiary/aromatic N) is 2. The van der Waals surface area contributed by atoms with Crippen LogP contribution in [0.15, 0.2) is 27.5 Å². The fraction of sp³-hybridized carbons (Fsp3) is 0.500. The lowest BCUT2D eigenvalue weighted by Gasteiger charge is -2.30. The van der Waals surface area contributed by atoms with Crippen LogP contribution in [0.4, 0.5) is 5.69 Å². The molecule has 5 nitrogen and oxygen atoms in total. The third kappa shape index (κ3) is 3.09. The molecule has 7 heteroatoms. The van der Waals surface area contributed by atoms with Gasteiger partial charge in [0, 0.05) is 9.99 Å². The van der Waals surface area contributed by atoms with Crippen LogP contribution < -0.4 is 10.9 Å². The maximum Gasteiger partial charge on any atom is 0.286 e. The van der Waals surface area contributed by atoms with Crippen molar-refractivity contribution in [2.75, 3.05) is 5.01 Å². The first-order valence-electron chi connectivity index (χ1n) is 7.15. The minimum atomic E-state index is -3.64. The van der Waals surface area contributed by atoms with E-state index in [4.69, 9.17) is 5.84 Å². The Kier molecular flexibility index (Phi) is 4.24. The van der Waals surface area contributed by atoms with Gasteiger partial charge in [-0.1, -0.05) is 32.1 Å². The van der Waals surface area contributed by atoms with Gasteiger partial charge < -0.3 is 0 Å². The summed E-state index contributed by atoms with van der Waals surface area (Å²) < 4.78 is 29.5. The summed E-state index contributed by atoms with van der Waals surface area (Å²) in [6.07, 6.45) is 6.60. The molecule has 0 saturated heterocycles. The minimum absolute atomic E-state index is 0.198. The topological polar surface area (TPSA) is 75.8 Å². The molecule has 0 bridgehead atoms. The molecule has 0 aromatic heterocycles.